The number of aliphatic hydroxyl groups is 1. The molecule has 1 aliphatic carbocycles. The van der Waals surface area contributed by atoms with Crippen molar-refractivity contribution in [3.05, 3.63) is 48.7 Å². The van der Waals surface area contributed by atoms with E-state index in [1.807, 2.05) is 22.8 Å². The normalized spacial score (nSPS) is 20.7. The third-order valence-electron chi connectivity index (χ3n) is 5.04. The Labute approximate surface area is 155 Å². The molecule has 6 heteroatoms. The molecule has 26 heavy (non-hydrogen) atoms. The summed E-state index contributed by atoms with van der Waals surface area (Å²) in [5, 5.41) is 19.4. The van der Waals surface area contributed by atoms with Crippen LogP contribution in [0.1, 0.15) is 25.7 Å². The molecule has 4 aromatic rings. The molecule has 0 unspecified atom stereocenters. The van der Waals surface area contributed by atoms with Gasteiger partial charge in [0.25, 0.3) is 0 Å². The maximum absolute atomic E-state index is 9.88. The van der Waals surface area contributed by atoms with Crippen LogP contribution in [0.2, 0.25) is 0 Å². The maximum Gasteiger partial charge on any atom is 0.154 e. The highest BCUT2D eigenvalue weighted by atomic mass is 32.1. The number of imidazole rings is 1. The van der Waals surface area contributed by atoms with Crippen molar-refractivity contribution in [3.63, 3.8) is 0 Å². The largest absolute Gasteiger partial charge is 0.393 e. The molecule has 1 aromatic carbocycles. The maximum atomic E-state index is 9.88. The number of aromatic nitrogens is 3. The summed E-state index contributed by atoms with van der Waals surface area (Å²) in [5.74, 6) is 0.831. The molecule has 2 atom stereocenters. The fraction of sp³-hybridized carbons (Fsp3) is 0.300. The van der Waals surface area contributed by atoms with Gasteiger partial charge in [0, 0.05) is 10.7 Å². The highest BCUT2D eigenvalue weighted by molar-refractivity contribution is 7.22. The van der Waals surface area contributed by atoms with Crippen molar-refractivity contribution in [3.8, 4) is 10.6 Å². The molecule has 0 amide bonds. The topological polar surface area (TPSA) is 62.5 Å². The highest BCUT2D eigenvalue weighted by Crippen LogP contribution is 2.33. The van der Waals surface area contributed by atoms with Gasteiger partial charge < -0.3 is 10.4 Å². The molecule has 1 fully saturated rings. The zero-order chi connectivity index (χ0) is 17.5. The van der Waals surface area contributed by atoms with E-state index in [4.69, 9.17) is 5.10 Å². The van der Waals surface area contributed by atoms with Gasteiger partial charge in [0.15, 0.2) is 5.65 Å². The van der Waals surface area contributed by atoms with Crippen LogP contribution in [0.15, 0.2) is 48.7 Å². The lowest BCUT2D eigenvalue weighted by atomic mass is 9.93. The monoisotopic (exact) mass is 364 g/mol. The predicted molar refractivity (Wildman–Crippen MR) is 106 cm³/mol. The molecule has 0 bridgehead atoms. The minimum absolute atomic E-state index is 0.202. The minimum Gasteiger partial charge on any atom is -0.393 e. The van der Waals surface area contributed by atoms with Crippen LogP contribution in [-0.4, -0.2) is 31.9 Å². The minimum atomic E-state index is -0.202. The summed E-state index contributed by atoms with van der Waals surface area (Å²) in [6, 6.07) is 14.8. The van der Waals surface area contributed by atoms with Crippen LogP contribution in [0.25, 0.3) is 26.3 Å². The molecule has 2 N–H and O–H groups in total. The SMILES string of the molecule is O[C@H]1CCC[C@@H](Nc2ccc3ncc(-c4cc5ccccc5s4)n3n2)C1. The molecular weight excluding hydrogens is 344 g/mol. The molecular formula is C20H20N4OS. The molecule has 1 saturated carbocycles. The lowest BCUT2D eigenvalue weighted by Crippen LogP contribution is -2.30. The van der Waals surface area contributed by atoms with E-state index in [0.29, 0.717) is 0 Å². The number of nitrogens with one attached hydrogen (secondary N) is 1. The van der Waals surface area contributed by atoms with E-state index in [1.54, 1.807) is 11.3 Å². The van der Waals surface area contributed by atoms with Gasteiger partial charge in [-0.15, -0.1) is 16.4 Å². The van der Waals surface area contributed by atoms with Gasteiger partial charge in [-0.25, -0.2) is 9.50 Å². The summed E-state index contributed by atoms with van der Waals surface area (Å²) in [6.45, 7) is 0. The van der Waals surface area contributed by atoms with Crippen LogP contribution in [0, 0.1) is 0 Å². The Morgan fingerprint density at radius 2 is 2.08 bits per heavy atom. The van der Waals surface area contributed by atoms with Crippen LogP contribution in [-0.2, 0) is 0 Å². The van der Waals surface area contributed by atoms with Crippen LogP contribution < -0.4 is 5.32 Å². The van der Waals surface area contributed by atoms with Crippen LogP contribution in [0.3, 0.4) is 0 Å². The fourth-order valence-electron chi connectivity index (χ4n) is 3.73. The highest BCUT2D eigenvalue weighted by Gasteiger charge is 2.20. The Hall–Kier alpha value is -2.44. The van der Waals surface area contributed by atoms with Crippen molar-refractivity contribution in [2.24, 2.45) is 0 Å². The Morgan fingerprint density at radius 3 is 2.96 bits per heavy atom. The summed E-state index contributed by atoms with van der Waals surface area (Å²) in [5.41, 5.74) is 1.85. The standard InChI is InChI=1S/C20H20N4OS/c25-15-6-3-5-14(11-15)22-19-8-9-20-21-12-16(24(20)23-19)18-10-13-4-1-2-7-17(13)26-18/h1-2,4,7-10,12,14-15,25H,3,5-6,11H2,(H,22,23)/t14-,15+/m1/s1. The summed E-state index contributed by atoms with van der Waals surface area (Å²) in [7, 11) is 0. The van der Waals surface area contributed by atoms with E-state index in [1.165, 1.54) is 10.1 Å². The van der Waals surface area contributed by atoms with Crippen molar-refractivity contribution < 1.29 is 5.11 Å². The lowest BCUT2D eigenvalue weighted by Gasteiger charge is -2.26. The molecule has 132 valence electrons. The van der Waals surface area contributed by atoms with Gasteiger partial charge in [-0.3, -0.25) is 0 Å². The zero-order valence-corrected chi connectivity index (χ0v) is 15.1. The van der Waals surface area contributed by atoms with Gasteiger partial charge in [0.1, 0.15) is 11.5 Å². The second kappa shape index (κ2) is 6.37. The number of nitrogens with zero attached hydrogens (tertiary/aromatic N) is 3. The van der Waals surface area contributed by atoms with E-state index in [-0.39, 0.29) is 12.1 Å². The average Bonchev–Trinajstić information content (AvgIpc) is 3.25. The number of thiophene rings is 1. The molecule has 3 aromatic heterocycles. The number of fused-ring (bicyclic) bond motifs is 2. The van der Waals surface area contributed by atoms with E-state index in [2.05, 4.69) is 40.6 Å². The average molecular weight is 364 g/mol. The quantitative estimate of drug-likeness (QED) is 0.568. The Bertz CT molecular complexity index is 1040. The third-order valence-corrected chi connectivity index (χ3v) is 6.18. The smallest absolute Gasteiger partial charge is 0.154 e. The van der Waals surface area contributed by atoms with E-state index in [0.717, 1.165) is 47.7 Å². The van der Waals surface area contributed by atoms with Gasteiger partial charge in [0.05, 0.1) is 17.2 Å². The number of anilines is 1. The summed E-state index contributed by atoms with van der Waals surface area (Å²) >= 11 is 1.76. The first-order valence-corrected chi connectivity index (χ1v) is 9.86. The number of rotatable bonds is 3. The first-order chi connectivity index (χ1) is 12.8. The molecule has 3 heterocycles. The molecule has 0 radical (unpaired) electrons. The van der Waals surface area contributed by atoms with Crippen molar-refractivity contribution in [2.45, 2.75) is 37.8 Å². The van der Waals surface area contributed by atoms with Crippen molar-refractivity contribution >= 4 is 32.9 Å². The Kier molecular flexibility index (Phi) is 3.87. The molecule has 5 rings (SSSR count). The van der Waals surface area contributed by atoms with Crippen LogP contribution in [0.5, 0.6) is 0 Å². The van der Waals surface area contributed by atoms with Crippen molar-refractivity contribution in [2.75, 3.05) is 5.32 Å². The first kappa shape index (κ1) is 15.8. The van der Waals surface area contributed by atoms with Crippen LogP contribution >= 0.6 is 11.3 Å². The first-order valence-electron chi connectivity index (χ1n) is 9.04. The molecule has 5 nitrogen and oxygen atoms in total. The number of hydrogen-bond donors (Lipinski definition) is 2. The Balaban J connectivity index is 1.50. The number of aliphatic hydroxyl groups excluding tert-OH is 1. The third kappa shape index (κ3) is 2.85. The predicted octanol–water partition coefficient (Wildman–Crippen LogP) is 4.33. The second-order valence-electron chi connectivity index (χ2n) is 6.94. The van der Waals surface area contributed by atoms with Crippen molar-refractivity contribution in [1.82, 2.24) is 14.6 Å². The van der Waals surface area contributed by atoms with Crippen molar-refractivity contribution in [1.29, 1.82) is 0 Å². The summed E-state index contributed by atoms with van der Waals surface area (Å²) < 4.78 is 3.18. The van der Waals surface area contributed by atoms with Gasteiger partial charge in [-0.1, -0.05) is 18.2 Å². The summed E-state index contributed by atoms with van der Waals surface area (Å²) in [4.78, 5) is 5.67. The second-order valence-corrected chi connectivity index (χ2v) is 8.03. The van der Waals surface area contributed by atoms with Gasteiger partial charge in [-0.2, -0.15) is 0 Å². The molecule has 0 saturated heterocycles. The van der Waals surface area contributed by atoms with E-state index < -0.39 is 0 Å². The van der Waals surface area contributed by atoms with E-state index in [9.17, 15) is 5.11 Å². The van der Waals surface area contributed by atoms with Crippen LogP contribution in [0.4, 0.5) is 5.82 Å². The number of hydrogen-bond acceptors (Lipinski definition) is 5. The molecule has 1 aliphatic rings. The molecule has 0 spiro atoms. The summed E-state index contributed by atoms with van der Waals surface area (Å²) in [6.07, 6.45) is 5.51. The van der Waals surface area contributed by atoms with Gasteiger partial charge in [0.2, 0.25) is 0 Å². The molecule has 0 aliphatic heterocycles. The van der Waals surface area contributed by atoms with Gasteiger partial charge >= 0.3 is 0 Å². The lowest BCUT2D eigenvalue weighted by molar-refractivity contribution is 0.124. The fourth-order valence-corrected chi connectivity index (χ4v) is 4.79. The van der Waals surface area contributed by atoms with Gasteiger partial charge in [-0.05, 0) is 55.3 Å². The number of benzene rings is 1. The zero-order valence-electron chi connectivity index (χ0n) is 14.3. The van der Waals surface area contributed by atoms with E-state index >= 15 is 0 Å². The Morgan fingerprint density at radius 1 is 1.15 bits per heavy atom.